The summed E-state index contributed by atoms with van der Waals surface area (Å²) >= 11 is 0. The van der Waals surface area contributed by atoms with Crippen LogP contribution in [0.1, 0.15) is 31.8 Å². The van der Waals surface area contributed by atoms with Crippen LogP contribution in [-0.2, 0) is 13.0 Å². The Morgan fingerprint density at radius 2 is 1.97 bits per heavy atom. The van der Waals surface area contributed by atoms with Crippen LogP contribution in [-0.4, -0.2) is 28.3 Å². The van der Waals surface area contributed by atoms with Gasteiger partial charge in [-0.25, -0.2) is 4.98 Å². The van der Waals surface area contributed by atoms with Gasteiger partial charge in [-0.1, -0.05) is 24.3 Å². The Morgan fingerprint density at radius 3 is 2.81 bits per heavy atom. The molecular formula is C25H21N5O2. The molecule has 4 aromatic rings. The van der Waals surface area contributed by atoms with E-state index >= 15 is 0 Å². The van der Waals surface area contributed by atoms with E-state index in [-0.39, 0.29) is 18.4 Å². The summed E-state index contributed by atoms with van der Waals surface area (Å²) in [4.78, 5) is 36.5. The number of hydrogen-bond acceptors (Lipinski definition) is 5. The first-order chi connectivity index (χ1) is 15.6. The lowest BCUT2D eigenvalue weighted by molar-refractivity contribution is 0.0946. The van der Waals surface area contributed by atoms with Gasteiger partial charge in [-0.15, -0.1) is 0 Å². The molecule has 7 nitrogen and oxygen atoms in total. The standard InChI is InChI=1S/C25H21N5O2/c26-22-9-8-17-7-6-16(13-20(17)29-22)15-30(25(32)19-4-2-11-27-14-19)21-5-1-3-18-10-12-28-24(31)23(18)21/h1-9,11,13-14H,10,12,15H2,(H2,26,29)(H,28,31). The molecule has 2 aromatic heterocycles. The Hall–Kier alpha value is -4.26. The highest BCUT2D eigenvalue weighted by Crippen LogP contribution is 2.30. The number of nitrogens with zero attached hydrogens (tertiary/aromatic N) is 3. The lowest BCUT2D eigenvalue weighted by Crippen LogP contribution is -2.37. The summed E-state index contributed by atoms with van der Waals surface area (Å²) in [5.41, 5.74) is 9.99. The lowest BCUT2D eigenvalue weighted by Gasteiger charge is -2.28. The molecule has 0 unspecified atom stereocenters. The third kappa shape index (κ3) is 3.65. The molecule has 0 saturated heterocycles. The molecule has 0 radical (unpaired) electrons. The molecule has 0 saturated carbocycles. The van der Waals surface area contributed by atoms with Crippen molar-refractivity contribution in [3.63, 3.8) is 0 Å². The van der Waals surface area contributed by atoms with Crippen LogP contribution in [0.5, 0.6) is 0 Å². The molecule has 2 aromatic carbocycles. The van der Waals surface area contributed by atoms with Crippen molar-refractivity contribution in [2.75, 3.05) is 17.2 Å². The van der Waals surface area contributed by atoms with Crippen molar-refractivity contribution < 1.29 is 9.59 Å². The summed E-state index contributed by atoms with van der Waals surface area (Å²) in [5, 5.41) is 3.86. The Bertz CT molecular complexity index is 1340. The van der Waals surface area contributed by atoms with Crippen LogP contribution in [0.3, 0.4) is 0 Å². The summed E-state index contributed by atoms with van der Waals surface area (Å²) in [6.07, 6.45) is 3.88. The number of carbonyl (C=O) groups is 2. The second kappa shape index (κ2) is 8.11. The minimum absolute atomic E-state index is 0.168. The number of nitrogens with one attached hydrogen (secondary N) is 1. The molecule has 1 aliphatic heterocycles. The van der Waals surface area contributed by atoms with E-state index in [4.69, 9.17) is 5.73 Å². The van der Waals surface area contributed by atoms with E-state index in [1.165, 1.54) is 6.20 Å². The second-order valence-electron chi connectivity index (χ2n) is 7.71. The van der Waals surface area contributed by atoms with E-state index in [1.54, 1.807) is 29.3 Å². The molecule has 0 bridgehead atoms. The molecule has 32 heavy (non-hydrogen) atoms. The highest BCUT2D eigenvalue weighted by molar-refractivity contribution is 6.11. The van der Waals surface area contributed by atoms with Crippen LogP contribution in [0, 0.1) is 0 Å². The van der Waals surface area contributed by atoms with Crippen LogP contribution in [0.15, 0.2) is 73.1 Å². The molecule has 0 atom stereocenters. The van der Waals surface area contributed by atoms with Crippen molar-refractivity contribution in [1.82, 2.24) is 15.3 Å². The van der Waals surface area contributed by atoms with Crippen molar-refractivity contribution in [2.24, 2.45) is 0 Å². The number of benzene rings is 2. The van der Waals surface area contributed by atoms with E-state index in [0.29, 0.717) is 29.2 Å². The topological polar surface area (TPSA) is 101 Å². The molecule has 0 spiro atoms. The van der Waals surface area contributed by atoms with Crippen LogP contribution in [0.2, 0.25) is 0 Å². The van der Waals surface area contributed by atoms with Crippen LogP contribution in [0.4, 0.5) is 11.5 Å². The first-order valence-corrected chi connectivity index (χ1v) is 10.4. The Morgan fingerprint density at radius 1 is 1.09 bits per heavy atom. The monoisotopic (exact) mass is 423 g/mol. The van der Waals surface area contributed by atoms with E-state index in [0.717, 1.165) is 28.5 Å². The van der Waals surface area contributed by atoms with Crippen LogP contribution >= 0.6 is 0 Å². The van der Waals surface area contributed by atoms with Gasteiger partial charge >= 0.3 is 0 Å². The van der Waals surface area contributed by atoms with Gasteiger partial charge in [0.1, 0.15) is 5.82 Å². The highest BCUT2D eigenvalue weighted by Gasteiger charge is 2.27. The fraction of sp³-hybridized carbons (Fsp3) is 0.120. The number of fused-ring (bicyclic) bond motifs is 2. The zero-order valence-corrected chi connectivity index (χ0v) is 17.3. The van der Waals surface area contributed by atoms with Crippen molar-refractivity contribution in [2.45, 2.75) is 13.0 Å². The number of anilines is 2. The number of amides is 2. The third-order valence-electron chi connectivity index (χ3n) is 5.60. The molecule has 3 N–H and O–H groups in total. The van der Waals surface area contributed by atoms with Gasteiger partial charge in [0, 0.05) is 24.3 Å². The molecule has 7 heteroatoms. The summed E-state index contributed by atoms with van der Waals surface area (Å²) < 4.78 is 0. The van der Waals surface area contributed by atoms with E-state index < -0.39 is 0 Å². The first kappa shape index (κ1) is 19.7. The zero-order chi connectivity index (χ0) is 22.1. The number of nitrogens with two attached hydrogens (primary N) is 1. The van der Waals surface area contributed by atoms with Gasteiger partial charge in [0.2, 0.25) is 0 Å². The van der Waals surface area contributed by atoms with E-state index in [1.807, 2.05) is 42.5 Å². The third-order valence-corrected chi connectivity index (χ3v) is 5.60. The quantitative estimate of drug-likeness (QED) is 0.524. The van der Waals surface area contributed by atoms with Gasteiger partial charge in [0.25, 0.3) is 11.8 Å². The normalized spacial score (nSPS) is 12.8. The average Bonchev–Trinajstić information content (AvgIpc) is 2.82. The largest absolute Gasteiger partial charge is 0.384 e. The number of pyridine rings is 2. The maximum atomic E-state index is 13.6. The van der Waals surface area contributed by atoms with Gasteiger partial charge in [-0.3, -0.25) is 14.6 Å². The fourth-order valence-electron chi connectivity index (χ4n) is 4.05. The summed E-state index contributed by atoms with van der Waals surface area (Å²) in [5.74, 6) is 0.0380. The zero-order valence-electron chi connectivity index (χ0n) is 17.3. The fourth-order valence-corrected chi connectivity index (χ4v) is 4.05. The van der Waals surface area contributed by atoms with Crippen molar-refractivity contribution >= 4 is 34.2 Å². The van der Waals surface area contributed by atoms with Crippen LogP contribution in [0.25, 0.3) is 10.9 Å². The minimum Gasteiger partial charge on any atom is -0.384 e. The van der Waals surface area contributed by atoms with E-state index in [9.17, 15) is 9.59 Å². The summed E-state index contributed by atoms with van der Waals surface area (Å²) in [6, 6.07) is 18.6. The molecule has 0 fully saturated rings. The maximum Gasteiger partial charge on any atom is 0.260 e. The predicted octanol–water partition coefficient (Wildman–Crippen LogP) is 3.34. The maximum absolute atomic E-state index is 13.6. The summed E-state index contributed by atoms with van der Waals surface area (Å²) in [7, 11) is 0. The molecule has 0 aliphatic carbocycles. The number of nitrogen functional groups attached to an aromatic ring is 1. The van der Waals surface area contributed by atoms with Crippen molar-refractivity contribution in [3.05, 3.63) is 95.3 Å². The lowest BCUT2D eigenvalue weighted by atomic mass is 9.97. The number of carbonyl (C=O) groups excluding carboxylic acids is 2. The predicted molar refractivity (Wildman–Crippen MR) is 123 cm³/mol. The molecular weight excluding hydrogens is 402 g/mol. The number of rotatable bonds is 4. The number of aromatic nitrogens is 2. The Labute approximate surface area is 184 Å². The molecule has 3 heterocycles. The summed E-state index contributed by atoms with van der Waals surface area (Å²) in [6.45, 7) is 0.855. The minimum atomic E-state index is -0.231. The van der Waals surface area contributed by atoms with Gasteiger partial charge in [-0.2, -0.15) is 0 Å². The van der Waals surface area contributed by atoms with Gasteiger partial charge < -0.3 is 16.0 Å². The second-order valence-corrected chi connectivity index (χ2v) is 7.71. The smallest absolute Gasteiger partial charge is 0.260 e. The Balaban J connectivity index is 1.62. The SMILES string of the molecule is Nc1ccc2ccc(CN(C(=O)c3cccnc3)c3cccc4c3C(=O)NCC4)cc2n1. The molecule has 5 rings (SSSR count). The van der Waals surface area contributed by atoms with Gasteiger partial charge in [-0.05, 0) is 53.9 Å². The van der Waals surface area contributed by atoms with Gasteiger partial charge in [0.15, 0.2) is 0 Å². The molecule has 1 aliphatic rings. The first-order valence-electron chi connectivity index (χ1n) is 10.4. The van der Waals surface area contributed by atoms with Gasteiger partial charge in [0.05, 0.1) is 28.9 Å². The Kier molecular flexibility index (Phi) is 4.99. The van der Waals surface area contributed by atoms with E-state index in [2.05, 4.69) is 15.3 Å². The average molecular weight is 423 g/mol. The molecule has 2 amide bonds. The number of hydrogen-bond donors (Lipinski definition) is 2. The van der Waals surface area contributed by atoms with Crippen molar-refractivity contribution in [3.8, 4) is 0 Å². The highest BCUT2D eigenvalue weighted by atomic mass is 16.2. The van der Waals surface area contributed by atoms with Crippen molar-refractivity contribution in [1.29, 1.82) is 0 Å². The van der Waals surface area contributed by atoms with Crippen LogP contribution < -0.4 is 16.0 Å². The molecule has 158 valence electrons.